The van der Waals surface area contributed by atoms with Crippen LogP contribution in [0, 0.1) is 0 Å². The largest absolute Gasteiger partial charge is 0.394 e. The van der Waals surface area contributed by atoms with Gasteiger partial charge < -0.3 is 20.1 Å². The van der Waals surface area contributed by atoms with Gasteiger partial charge in [-0.25, -0.2) is 4.79 Å². The first-order chi connectivity index (χ1) is 11.0. The van der Waals surface area contributed by atoms with Crippen molar-refractivity contribution in [1.82, 2.24) is 9.55 Å². The van der Waals surface area contributed by atoms with Gasteiger partial charge in [-0.15, -0.1) is 0 Å². The van der Waals surface area contributed by atoms with Gasteiger partial charge >= 0.3 is 5.69 Å². The van der Waals surface area contributed by atoms with Crippen molar-refractivity contribution in [2.75, 3.05) is 6.61 Å². The Morgan fingerprint density at radius 2 is 1.78 bits per heavy atom. The summed E-state index contributed by atoms with van der Waals surface area (Å²) in [6.07, 6.45) is 4.80. The first-order valence-corrected chi connectivity index (χ1v) is 7.07. The number of ether oxygens (including phenoxy) is 1. The highest BCUT2D eigenvalue weighted by atomic mass is 16.6. The molecule has 1 aliphatic carbocycles. The SMILES string of the molecule is O=c1[nH]c(=O)n([C@@H]2O[C@H](CO)[C@@H](O)[C@H]2O)c2/c1=C\C=C/C=C\C=2. The molecule has 23 heavy (non-hydrogen) atoms. The summed E-state index contributed by atoms with van der Waals surface area (Å²) in [4.78, 5) is 26.4. The van der Waals surface area contributed by atoms with Gasteiger partial charge in [0, 0.05) is 0 Å². The third kappa shape index (κ3) is 2.62. The average molecular weight is 320 g/mol. The molecule has 0 unspecified atom stereocenters. The molecule has 8 nitrogen and oxygen atoms in total. The first-order valence-electron chi connectivity index (χ1n) is 7.07. The zero-order chi connectivity index (χ0) is 16.6. The van der Waals surface area contributed by atoms with Crippen LogP contribution in [-0.4, -0.2) is 49.8 Å². The summed E-state index contributed by atoms with van der Waals surface area (Å²) in [6.45, 7) is -0.506. The smallest absolute Gasteiger partial charge is 0.331 e. The number of nitrogens with one attached hydrogen (secondary N) is 1. The van der Waals surface area contributed by atoms with Crippen LogP contribution in [0.25, 0.3) is 12.2 Å². The van der Waals surface area contributed by atoms with Crippen molar-refractivity contribution in [3.05, 3.63) is 55.7 Å². The Hall–Kier alpha value is -2.26. The molecule has 0 amide bonds. The number of hydrogen-bond acceptors (Lipinski definition) is 6. The molecule has 1 saturated heterocycles. The van der Waals surface area contributed by atoms with E-state index in [1.54, 1.807) is 30.4 Å². The number of aliphatic hydroxyl groups is 3. The van der Waals surface area contributed by atoms with Crippen molar-refractivity contribution in [2.45, 2.75) is 24.5 Å². The lowest BCUT2D eigenvalue weighted by Crippen LogP contribution is -2.56. The van der Waals surface area contributed by atoms with E-state index in [1.165, 1.54) is 6.08 Å². The zero-order valence-electron chi connectivity index (χ0n) is 12.0. The van der Waals surface area contributed by atoms with E-state index in [9.17, 15) is 24.9 Å². The Morgan fingerprint density at radius 1 is 1.09 bits per heavy atom. The third-order valence-corrected chi connectivity index (χ3v) is 3.84. The highest BCUT2D eigenvalue weighted by Gasteiger charge is 2.44. The lowest BCUT2D eigenvalue weighted by atomic mass is 10.1. The molecule has 0 saturated carbocycles. The maximum Gasteiger partial charge on any atom is 0.331 e. The van der Waals surface area contributed by atoms with Crippen molar-refractivity contribution < 1.29 is 20.1 Å². The first kappa shape index (κ1) is 15.6. The van der Waals surface area contributed by atoms with E-state index in [2.05, 4.69) is 4.98 Å². The number of allylic oxidation sites excluding steroid dienone is 4. The van der Waals surface area contributed by atoms with Gasteiger partial charge in [-0.3, -0.25) is 14.3 Å². The van der Waals surface area contributed by atoms with Crippen molar-refractivity contribution in [3.8, 4) is 0 Å². The maximum absolute atomic E-state index is 12.2. The maximum atomic E-state index is 12.2. The molecule has 0 radical (unpaired) electrons. The second-order valence-corrected chi connectivity index (χ2v) is 5.26. The predicted octanol–water partition coefficient (Wildman–Crippen LogP) is -3.16. The molecule has 4 N–H and O–H groups in total. The fourth-order valence-electron chi connectivity index (χ4n) is 2.68. The van der Waals surface area contributed by atoms with Gasteiger partial charge in [0.1, 0.15) is 18.3 Å². The molecule has 0 spiro atoms. The molecule has 1 aliphatic heterocycles. The average Bonchev–Trinajstić information content (AvgIpc) is 2.76. The number of aromatic amines is 1. The monoisotopic (exact) mass is 320 g/mol. The zero-order valence-corrected chi connectivity index (χ0v) is 12.0. The van der Waals surface area contributed by atoms with E-state index in [1.807, 2.05) is 0 Å². The summed E-state index contributed by atoms with van der Waals surface area (Å²) in [5, 5.41) is 29.7. The van der Waals surface area contributed by atoms with Gasteiger partial charge in [-0.2, -0.15) is 0 Å². The van der Waals surface area contributed by atoms with E-state index < -0.39 is 42.4 Å². The molecule has 0 bridgehead atoms. The summed E-state index contributed by atoms with van der Waals surface area (Å²) in [7, 11) is 0. The van der Waals surface area contributed by atoms with E-state index in [4.69, 9.17) is 4.74 Å². The van der Waals surface area contributed by atoms with Crippen molar-refractivity contribution >= 4 is 12.2 Å². The van der Waals surface area contributed by atoms with Crippen LogP contribution in [-0.2, 0) is 4.74 Å². The molecule has 1 fully saturated rings. The molecule has 2 aliphatic rings. The van der Waals surface area contributed by atoms with E-state index in [-0.39, 0.29) is 10.6 Å². The van der Waals surface area contributed by atoms with Crippen molar-refractivity contribution in [3.63, 3.8) is 0 Å². The minimum absolute atomic E-state index is 0.225. The molecule has 8 heteroatoms. The Kier molecular flexibility index (Phi) is 4.14. The summed E-state index contributed by atoms with van der Waals surface area (Å²) in [5.41, 5.74) is -1.34. The lowest BCUT2D eigenvalue weighted by Gasteiger charge is -2.18. The van der Waals surface area contributed by atoms with E-state index in [0.29, 0.717) is 0 Å². The molecule has 122 valence electrons. The van der Waals surface area contributed by atoms with Crippen molar-refractivity contribution in [2.24, 2.45) is 0 Å². The fraction of sp³-hybridized carbons (Fsp3) is 0.333. The second kappa shape index (κ2) is 6.09. The van der Waals surface area contributed by atoms with Gasteiger partial charge in [0.05, 0.1) is 17.2 Å². The van der Waals surface area contributed by atoms with Gasteiger partial charge in [-0.05, 0) is 12.2 Å². The number of H-pyrrole nitrogens is 1. The number of fused-ring (bicyclic) bond motifs is 1. The quantitative estimate of drug-likeness (QED) is 0.456. The normalized spacial score (nSPS) is 35.1. The van der Waals surface area contributed by atoms with Gasteiger partial charge in [0.25, 0.3) is 5.56 Å². The van der Waals surface area contributed by atoms with Crippen LogP contribution >= 0.6 is 0 Å². The molecule has 4 atom stereocenters. The number of nitrogens with zero attached hydrogens (tertiary/aromatic N) is 1. The Balaban J connectivity index is 2.28. The highest BCUT2D eigenvalue weighted by Crippen LogP contribution is 2.26. The lowest BCUT2D eigenvalue weighted by molar-refractivity contribution is -0.0565. The van der Waals surface area contributed by atoms with Gasteiger partial charge in [0.15, 0.2) is 6.23 Å². The second-order valence-electron chi connectivity index (χ2n) is 5.26. The molecule has 3 rings (SSSR count). The minimum atomic E-state index is -1.42. The molecular formula is C15H16N2O6. The van der Waals surface area contributed by atoms with Crippen LogP contribution in [0.15, 0.2) is 33.9 Å². The van der Waals surface area contributed by atoms with Gasteiger partial charge in [-0.1, -0.05) is 24.3 Å². The van der Waals surface area contributed by atoms with Crippen LogP contribution in [0.2, 0.25) is 0 Å². The Morgan fingerprint density at radius 3 is 2.43 bits per heavy atom. The van der Waals surface area contributed by atoms with Crippen LogP contribution < -0.4 is 21.8 Å². The van der Waals surface area contributed by atoms with Crippen LogP contribution in [0.4, 0.5) is 0 Å². The van der Waals surface area contributed by atoms with E-state index in [0.717, 1.165) is 4.57 Å². The molecule has 0 aromatic carbocycles. The number of aromatic nitrogens is 2. The molecule has 1 aromatic rings. The van der Waals surface area contributed by atoms with Gasteiger partial charge in [0.2, 0.25) is 0 Å². The fourth-order valence-corrected chi connectivity index (χ4v) is 2.68. The molecular weight excluding hydrogens is 304 g/mol. The highest BCUT2D eigenvalue weighted by molar-refractivity contribution is 5.46. The molecule has 2 heterocycles. The summed E-state index contributed by atoms with van der Waals surface area (Å²) >= 11 is 0. The van der Waals surface area contributed by atoms with E-state index >= 15 is 0 Å². The Bertz CT molecular complexity index is 894. The third-order valence-electron chi connectivity index (χ3n) is 3.84. The topological polar surface area (TPSA) is 125 Å². The van der Waals surface area contributed by atoms with Crippen LogP contribution in [0.5, 0.6) is 0 Å². The predicted molar refractivity (Wildman–Crippen MR) is 80.8 cm³/mol. The summed E-state index contributed by atoms with van der Waals surface area (Å²) in [5.74, 6) is 0. The number of rotatable bonds is 2. The van der Waals surface area contributed by atoms with Crippen LogP contribution in [0.3, 0.4) is 0 Å². The minimum Gasteiger partial charge on any atom is -0.394 e. The standard InChI is InChI=1S/C15H16N2O6/c18-7-10-11(19)12(20)14(23-10)17-9-6-4-2-1-3-5-8(9)13(21)16-15(17)22/h1-6,10-12,14,18-20H,7H2,(H,16,21,22)/b2-1?,3-1-,4-2-,5-3?,6-4?,8-5+,9-6+/t10-,11-,12-,14-/m1/s1. The van der Waals surface area contributed by atoms with Crippen molar-refractivity contribution in [1.29, 1.82) is 0 Å². The Labute approximate surface area is 129 Å². The summed E-state index contributed by atoms with van der Waals surface area (Å²) < 4.78 is 6.46. The molecule has 1 aromatic heterocycles. The number of hydrogen-bond donors (Lipinski definition) is 4. The van der Waals surface area contributed by atoms with Crippen LogP contribution in [0.1, 0.15) is 6.23 Å². The summed E-state index contributed by atoms with van der Waals surface area (Å²) in [6, 6.07) is 0. The number of aliphatic hydroxyl groups excluding tert-OH is 3.